The van der Waals surface area contributed by atoms with Crippen molar-refractivity contribution in [1.29, 1.82) is 0 Å². The van der Waals surface area contributed by atoms with Crippen LogP contribution >= 0.6 is 11.6 Å². The standard InChI is InChI=1S/C26H32ClNO3/c1-16-4-3-5-19-14-22-23(24(29)26(16,19)2)21(25(30)31-22)15-28-12-10-18(11-13-28)17-6-8-20(27)9-7-17/h5-10,16,21-24,29H,3-4,11-15H2,1-2H3/t16-,21?,22-,23-,24+,26-/m1/s1. The molecule has 0 spiro atoms. The maximum Gasteiger partial charge on any atom is 0.311 e. The maximum atomic E-state index is 12.9. The summed E-state index contributed by atoms with van der Waals surface area (Å²) >= 11 is 6.02. The van der Waals surface area contributed by atoms with Crippen LogP contribution in [0.5, 0.6) is 0 Å². The fraction of sp³-hybridized carbons (Fsp3) is 0.577. The molecule has 31 heavy (non-hydrogen) atoms. The van der Waals surface area contributed by atoms with E-state index in [4.69, 9.17) is 16.3 Å². The van der Waals surface area contributed by atoms with Crippen molar-refractivity contribution >= 4 is 23.1 Å². The predicted octanol–water partition coefficient (Wildman–Crippen LogP) is 4.71. The summed E-state index contributed by atoms with van der Waals surface area (Å²) in [6.45, 7) is 6.83. The molecule has 5 rings (SSSR count). The summed E-state index contributed by atoms with van der Waals surface area (Å²) in [4.78, 5) is 15.2. The van der Waals surface area contributed by atoms with Crippen molar-refractivity contribution < 1.29 is 14.6 Å². The number of carbonyl (C=O) groups excluding carboxylic acids is 1. The largest absolute Gasteiger partial charge is 0.461 e. The highest BCUT2D eigenvalue weighted by molar-refractivity contribution is 6.30. The van der Waals surface area contributed by atoms with Crippen LogP contribution in [-0.2, 0) is 9.53 Å². The fourth-order valence-electron chi connectivity index (χ4n) is 6.36. The highest BCUT2D eigenvalue weighted by atomic mass is 35.5. The predicted molar refractivity (Wildman–Crippen MR) is 123 cm³/mol. The molecule has 4 nitrogen and oxygen atoms in total. The van der Waals surface area contributed by atoms with Crippen LogP contribution in [0.4, 0.5) is 0 Å². The van der Waals surface area contributed by atoms with Gasteiger partial charge >= 0.3 is 5.97 Å². The summed E-state index contributed by atoms with van der Waals surface area (Å²) in [5.41, 5.74) is 3.60. The van der Waals surface area contributed by atoms with Crippen LogP contribution in [0.15, 0.2) is 42.0 Å². The van der Waals surface area contributed by atoms with Gasteiger partial charge in [0.1, 0.15) is 6.10 Å². The molecule has 2 fully saturated rings. The molecule has 166 valence electrons. The number of aliphatic hydroxyl groups is 1. The van der Waals surface area contributed by atoms with Gasteiger partial charge in [-0.25, -0.2) is 0 Å². The van der Waals surface area contributed by atoms with Gasteiger partial charge in [-0.1, -0.05) is 55.3 Å². The zero-order chi connectivity index (χ0) is 21.8. The van der Waals surface area contributed by atoms with Crippen LogP contribution in [0.2, 0.25) is 5.02 Å². The van der Waals surface area contributed by atoms with Crippen LogP contribution in [0, 0.1) is 23.2 Å². The molecule has 0 radical (unpaired) electrons. The number of allylic oxidation sites excluding steroid dienone is 1. The summed E-state index contributed by atoms with van der Waals surface area (Å²) < 4.78 is 5.83. The molecule has 5 heteroatoms. The molecule has 4 aliphatic rings. The van der Waals surface area contributed by atoms with Crippen LogP contribution in [0.3, 0.4) is 0 Å². The Morgan fingerprint density at radius 1 is 1.26 bits per heavy atom. The van der Waals surface area contributed by atoms with Crippen molar-refractivity contribution in [2.24, 2.45) is 23.2 Å². The van der Waals surface area contributed by atoms with E-state index in [0.717, 1.165) is 43.8 Å². The van der Waals surface area contributed by atoms with Crippen molar-refractivity contribution in [3.05, 3.63) is 52.6 Å². The Bertz CT molecular complexity index is 923. The molecule has 1 unspecified atom stereocenters. The Kier molecular flexibility index (Phi) is 5.52. The third-order valence-corrected chi connectivity index (χ3v) is 8.79. The van der Waals surface area contributed by atoms with Crippen molar-refractivity contribution in [2.75, 3.05) is 19.6 Å². The molecule has 2 aliphatic carbocycles. The average molecular weight is 442 g/mol. The summed E-state index contributed by atoms with van der Waals surface area (Å²) in [5, 5.41) is 12.3. The highest BCUT2D eigenvalue weighted by Gasteiger charge is 2.59. The monoisotopic (exact) mass is 441 g/mol. The second-order valence-electron chi connectivity index (χ2n) is 10.0. The summed E-state index contributed by atoms with van der Waals surface area (Å²) in [7, 11) is 0. The minimum atomic E-state index is -0.533. The Morgan fingerprint density at radius 2 is 2.03 bits per heavy atom. The third-order valence-electron chi connectivity index (χ3n) is 8.53. The van der Waals surface area contributed by atoms with Gasteiger partial charge in [-0.3, -0.25) is 9.69 Å². The van der Waals surface area contributed by atoms with E-state index in [0.29, 0.717) is 12.5 Å². The lowest BCUT2D eigenvalue weighted by atomic mass is 9.55. The van der Waals surface area contributed by atoms with Gasteiger partial charge in [0.05, 0.1) is 12.0 Å². The van der Waals surface area contributed by atoms with Crippen molar-refractivity contribution in [1.82, 2.24) is 4.90 Å². The number of halogens is 1. The normalized spacial score (nSPS) is 38.1. The van der Waals surface area contributed by atoms with E-state index in [2.05, 4.69) is 43.0 Å². The summed E-state index contributed by atoms with van der Waals surface area (Å²) in [6.07, 6.45) is 7.72. The molecule has 0 aromatic heterocycles. The van der Waals surface area contributed by atoms with Crippen molar-refractivity contribution in [3.63, 3.8) is 0 Å². The molecule has 2 heterocycles. The second-order valence-corrected chi connectivity index (χ2v) is 10.5. The maximum absolute atomic E-state index is 12.9. The minimum Gasteiger partial charge on any atom is -0.461 e. The number of carbonyl (C=O) groups is 1. The van der Waals surface area contributed by atoms with Gasteiger partial charge in [-0.2, -0.15) is 0 Å². The molecule has 6 atom stereocenters. The zero-order valence-electron chi connectivity index (χ0n) is 18.4. The Morgan fingerprint density at radius 3 is 2.74 bits per heavy atom. The number of rotatable bonds is 3. The minimum absolute atomic E-state index is 0.114. The smallest absolute Gasteiger partial charge is 0.311 e. The van der Waals surface area contributed by atoms with Crippen LogP contribution in [0.25, 0.3) is 5.57 Å². The van der Waals surface area contributed by atoms with E-state index < -0.39 is 6.10 Å². The van der Waals surface area contributed by atoms with Gasteiger partial charge in [-0.15, -0.1) is 0 Å². The van der Waals surface area contributed by atoms with E-state index >= 15 is 0 Å². The van der Waals surface area contributed by atoms with E-state index in [1.165, 1.54) is 16.7 Å². The molecule has 0 bridgehead atoms. The molecule has 1 aromatic carbocycles. The first-order valence-corrected chi connectivity index (χ1v) is 12.0. The first-order chi connectivity index (χ1) is 14.9. The number of benzene rings is 1. The molecule has 2 aliphatic heterocycles. The zero-order valence-corrected chi connectivity index (χ0v) is 19.1. The van der Waals surface area contributed by atoms with Gasteiger partial charge in [0.15, 0.2) is 0 Å². The topological polar surface area (TPSA) is 49.8 Å². The number of fused-ring (bicyclic) bond motifs is 2. The van der Waals surface area contributed by atoms with Crippen LogP contribution < -0.4 is 0 Å². The Balaban J connectivity index is 1.31. The van der Waals surface area contributed by atoms with E-state index in [-0.39, 0.29) is 29.3 Å². The quantitative estimate of drug-likeness (QED) is 0.545. The number of nitrogens with zero attached hydrogens (tertiary/aromatic N) is 1. The van der Waals surface area contributed by atoms with Gasteiger partial charge in [0.2, 0.25) is 0 Å². The van der Waals surface area contributed by atoms with Gasteiger partial charge in [-0.05, 0) is 48.4 Å². The third kappa shape index (κ3) is 3.57. The first-order valence-electron chi connectivity index (χ1n) is 11.6. The highest BCUT2D eigenvalue weighted by Crippen LogP contribution is 2.56. The molecular weight excluding hydrogens is 410 g/mol. The lowest BCUT2D eigenvalue weighted by Gasteiger charge is -2.52. The van der Waals surface area contributed by atoms with Crippen LogP contribution in [0.1, 0.15) is 45.1 Å². The van der Waals surface area contributed by atoms with Gasteiger partial charge in [0, 0.05) is 42.4 Å². The number of ether oxygens (including phenoxy) is 1. The first kappa shape index (κ1) is 21.2. The number of esters is 1. The molecule has 1 saturated carbocycles. The molecule has 1 saturated heterocycles. The van der Waals surface area contributed by atoms with Gasteiger partial charge in [0.25, 0.3) is 0 Å². The number of aliphatic hydroxyl groups excluding tert-OH is 1. The van der Waals surface area contributed by atoms with Crippen molar-refractivity contribution in [3.8, 4) is 0 Å². The van der Waals surface area contributed by atoms with Gasteiger partial charge < -0.3 is 9.84 Å². The fourth-order valence-corrected chi connectivity index (χ4v) is 6.48. The number of hydrogen-bond acceptors (Lipinski definition) is 4. The number of hydrogen-bond donors (Lipinski definition) is 1. The summed E-state index contributed by atoms with van der Waals surface area (Å²) in [5.74, 6) is -0.0773. The van der Waals surface area contributed by atoms with Crippen LogP contribution in [-0.4, -0.2) is 47.8 Å². The lowest BCUT2D eigenvalue weighted by Crippen LogP contribution is -2.54. The Labute approximate surface area is 189 Å². The molecule has 0 amide bonds. The second kappa shape index (κ2) is 8.06. The molecule has 1 N–H and O–H groups in total. The molecule has 1 aromatic rings. The molecular formula is C26H32ClNO3. The Hall–Kier alpha value is -1.62. The lowest BCUT2D eigenvalue weighted by molar-refractivity contribution is -0.145. The van der Waals surface area contributed by atoms with E-state index in [9.17, 15) is 9.90 Å². The van der Waals surface area contributed by atoms with E-state index in [1.807, 2.05) is 12.1 Å². The summed E-state index contributed by atoms with van der Waals surface area (Å²) in [6, 6.07) is 7.99. The SMILES string of the molecule is C[C@@H]1CCC=C2C[C@H]3OC(=O)C(CN4CC=C(c5ccc(Cl)cc5)CC4)[C@H]3[C@H](O)[C@@]21C. The average Bonchev–Trinajstić information content (AvgIpc) is 3.07. The van der Waals surface area contributed by atoms with Crippen molar-refractivity contribution in [2.45, 2.75) is 51.7 Å². The van der Waals surface area contributed by atoms with E-state index in [1.54, 1.807) is 0 Å².